The lowest BCUT2D eigenvalue weighted by atomic mass is 9.93. The third-order valence-electron chi connectivity index (χ3n) is 3.04. The summed E-state index contributed by atoms with van der Waals surface area (Å²) in [5.41, 5.74) is 3.42. The van der Waals surface area contributed by atoms with E-state index in [9.17, 15) is 5.26 Å². The molecule has 1 atom stereocenters. The number of aromatic amines is 1. The highest BCUT2D eigenvalue weighted by Gasteiger charge is 2.13. The Bertz CT molecular complexity index is 515. The third-order valence-corrected chi connectivity index (χ3v) is 3.04. The van der Waals surface area contributed by atoms with Crippen LogP contribution in [0, 0.1) is 17.2 Å². The molecule has 0 radical (unpaired) electrons. The first-order valence-electron chi connectivity index (χ1n) is 6.32. The number of benzene rings is 1. The number of nitrogens with one attached hydrogen (secondary N) is 1. The first-order valence-corrected chi connectivity index (χ1v) is 6.32. The van der Waals surface area contributed by atoms with Gasteiger partial charge in [0.1, 0.15) is 0 Å². The van der Waals surface area contributed by atoms with Gasteiger partial charge >= 0.3 is 0 Å². The van der Waals surface area contributed by atoms with Crippen LogP contribution < -0.4 is 0 Å². The SMILES string of the molecule is CC(C)Cc1ccc(C(C#N)c2cc[nH]c2)cc1. The zero-order valence-corrected chi connectivity index (χ0v) is 10.9. The van der Waals surface area contributed by atoms with Gasteiger partial charge in [0.25, 0.3) is 0 Å². The highest BCUT2D eigenvalue weighted by atomic mass is 14.6. The molecule has 0 aliphatic rings. The number of nitriles is 1. The summed E-state index contributed by atoms with van der Waals surface area (Å²) in [5.74, 6) is 0.483. The van der Waals surface area contributed by atoms with Crippen LogP contribution in [0.25, 0.3) is 0 Å². The first kappa shape index (κ1) is 12.4. The molecule has 1 N–H and O–H groups in total. The molecule has 0 saturated carbocycles. The number of H-pyrrole nitrogens is 1. The van der Waals surface area contributed by atoms with Gasteiger partial charge in [-0.2, -0.15) is 5.26 Å². The molecule has 0 spiro atoms. The zero-order chi connectivity index (χ0) is 13.0. The molecule has 1 heterocycles. The van der Waals surface area contributed by atoms with E-state index >= 15 is 0 Å². The van der Waals surface area contributed by atoms with Crippen LogP contribution in [-0.2, 0) is 6.42 Å². The van der Waals surface area contributed by atoms with Crippen molar-refractivity contribution in [3.63, 3.8) is 0 Å². The molecule has 2 aromatic rings. The van der Waals surface area contributed by atoms with Gasteiger partial charge in [0.2, 0.25) is 0 Å². The van der Waals surface area contributed by atoms with Crippen molar-refractivity contribution in [1.82, 2.24) is 4.98 Å². The molecule has 0 amide bonds. The average molecular weight is 238 g/mol. The normalized spacial score (nSPS) is 12.3. The second kappa shape index (κ2) is 5.55. The minimum absolute atomic E-state index is 0.177. The monoisotopic (exact) mass is 238 g/mol. The van der Waals surface area contributed by atoms with Gasteiger partial charge in [-0.1, -0.05) is 38.1 Å². The van der Waals surface area contributed by atoms with E-state index in [1.165, 1.54) is 5.56 Å². The quantitative estimate of drug-likeness (QED) is 0.863. The predicted octanol–water partition coefficient (Wildman–Crippen LogP) is 3.87. The molecule has 0 aliphatic heterocycles. The number of aromatic nitrogens is 1. The summed E-state index contributed by atoms with van der Waals surface area (Å²) >= 11 is 0. The van der Waals surface area contributed by atoms with E-state index in [2.05, 4.69) is 49.2 Å². The Morgan fingerprint density at radius 3 is 2.33 bits per heavy atom. The van der Waals surface area contributed by atoms with Crippen molar-refractivity contribution in [3.8, 4) is 6.07 Å². The molecule has 1 unspecified atom stereocenters. The van der Waals surface area contributed by atoms with E-state index in [1.54, 1.807) is 0 Å². The van der Waals surface area contributed by atoms with E-state index in [-0.39, 0.29) is 5.92 Å². The van der Waals surface area contributed by atoms with Crippen LogP contribution >= 0.6 is 0 Å². The fourth-order valence-corrected chi connectivity index (χ4v) is 2.18. The lowest BCUT2D eigenvalue weighted by molar-refractivity contribution is 0.647. The van der Waals surface area contributed by atoms with Crippen molar-refractivity contribution in [2.75, 3.05) is 0 Å². The van der Waals surface area contributed by atoms with E-state index < -0.39 is 0 Å². The second-order valence-corrected chi connectivity index (χ2v) is 5.05. The molecule has 92 valence electrons. The van der Waals surface area contributed by atoms with Gasteiger partial charge in [0, 0.05) is 12.4 Å². The van der Waals surface area contributed by atoms with Gasteiger partial charge in [0.05, 0.1) is 12.0 Å². The summed E-state index contributed by atoms with van der Waals surface area (Å²) in [7, 11) is 0. The van der Waals surface area contributed by atoms with Crippen LogP contribution in [0.2, 0.25) is 0 Å². The van der Waals surface area contributed by atoms with E-state index in [4.69, 9.17) is 0 Å². The molecule has 0 bridgehead atoms. The summed E-state index contributed by atoms with van der Waals surface area (Å²) < 4.78 is 0. The van der Waals surface area contributed by atoms with E-state index in [0.29, 0.717) is 5.92 Å². The Labute approximate surface area is 108 Å². The van der Waals surface area contributed by atoms with Crippen molar-refractivity contribution in [2.45, 2.75) is 26.2 Å². The maximum atomic E-state index is 9.30. The fourth-order valence-electron chi connectivity index (χ4n) is 2.18. The molecule has 2 heteroatoms. The Morgan fingerprint density at radius 2 is 1.83 bits per heavy atom. The Morgan fingerprint density at radius 1 is 1.11 bits per heavy atom. The van der Waals surface area contributed by atoms with Crippen molar-refractivity contribution < 1.29 is 0 Å². The van der Waals surface area contributed by atoms with Crippen molar-refractivity contribution in [3.05, 3.63) is 59.4 Å². The zero-order valence-electron chi connectivity index (χ0n) is 10.9. The van der Waals surface area contributed by atoms with Gasteiger partial charge in [-0.25, -0.2) is 0 Å². The molecule has 2 rings (SSSR count). The lowest BCUT2D eigenvalue weighted by Crippen LogP contribution is -1.98. The Hall–Kier alpha value is -2.01. The van der Waals surface area contributed by atoms with Crippen LogP contribution in [0.3, 0.4) is 0 Å². The smallest absolute Gasteiger partial charge is 0.0977 e. The topological polar surface area (TPSA) is 39.6 Å². The Kier molecular flexibility index (Phi) is 3.84. The molecule has 1 aromatic carbocycles. The summed E-state index contributed by atoms with van der Waals surface area (Å²) in [6, 6.07) is 12.7. The largest absolute Gasteiger partial charge is 0.367 e. The second-order valence-electron chi connectivity index (χ2n) is 5.05. The van der Waals surface area contributed by atoms with Gasteiger partial charge < -0.3 is 4.98 Å². The molecular formula is C16H18N2. The maximum Gasteiger partial charge on any atom is 0.0977 e. The third kappa shape index (κ3) is 2.81. The van der Waals surface area contributed by atoms with E-state index in [1.807, 2.05) is 18.5 Å². The van der Waals surface area contributed by atoms with Gasteiger partial charge in [-0.3, -0.25) is 0 Å². The summed E-state index contributed by atoms with van der Waals surface area (Å²) in [6.07, 6.45) is 4.82. The first-order chi connectivity index (χ1) is 8.70. The molecule has 18 heavy (non-hydrogen) atoms. The molecule has 1 aromatic heterocycles. The van der Waals surface area contributed by atoms with Gasteiger partial charge in [-0.05, 0) is 35.1 Å². The molecule has 0 fully saturated rings. The number of hydrogen-bond acceptors (Lipinski definition) is 1. The summed E-state index contributed by atoms with van der Waals surface area (Å²) in [4.78, 5) is 3.00. The minimum Gasteiger partial charge on any atom is -0.367 e. The highest BCUT2D eigenvalue weighted by Crippen LogP contribution is 2.24. The van der Waals surface area contributed by atoms with Crippen molar-refractivity contribution in [2.24, 2.45) is 5.92 Å². The standard InChI is InChI=1S/C16H18N2/c1-12(2)9-13-3-5-14(6-4-13)16(10-17)15-7-8-18-11-15/h3-8,11-12,16,18H,9H2,1-2H3. The van der Waals surface area contributed by atoms with Crippen molar-refractivity contribution in [1.29, 1.82) is 5.26 Å². The average Bonchev–Trinajstić information content (AvgIpc) is 2.85. The minimum atomic E-state index is -0.177. The molecule has 0 saturated heterocycles. The molecule has 2 nitrogen and oxygen atoms in total. The lowest BCUT2D eigenvalue weighted by Gasteiger charge is -2.10. The molecular weight excluding hydrogens is 220 g/mol. The van der Waals surface area contributed by atoms with Crippen LogP contribution in [-0.4, -0.2) is 4.98 Å². The van der Waals surface area contributed by atoms with Gasteiger partial charge in [0.15, 0.2) is 0 Å². The Balaban J connectivity index is 2.21. The number of rotatable bonds is 4. The van der Waals surface area contributed by atoms with Crippen LogP contribution in [0.15, 0.2) is 42.7 Å². The summed E-state index contributed by atoms with van der Waals surface area (Å²) in [6.45, 7) is 4.43. The van der Waals surface area contributed by atoms with Crippen LogP contribution in [0.4, 0.5) is 0 Å². The molecule has 0 aliphatic carbocycles. The number of nitrogens with zero attached hydrogens (tertiary/aromatic N) is 1. The number of hydrogen-bond donors (Lipinski definition) is 1. The maximum absolute atomic E-state index is 9.30. The van der Waals surface area contributed by atoms with Crippen molar-refractivity contribution >= 4 is 0 Å². The predicted molar refractivity (Wildman–Crippen MR) is 73.2 cm³/mol. The van der Waals surface area contributed by atoms with Crippen LogP contribution in [0.5, 0.6) is 0 Å². The highest BCUT2D eigenvalue weighted by molar-refractivity contribution is 5.38. The van der Waals surface area contributed by atoms with Crippen LogP contribution in [0.1, 0.15) is 36.5 Å². The summed E-state index contributed by atoms with van der Waals surface area (Å²) in [5, 5.41) is 9.30. The van der Waals surface area contributed by atoms with Gasteiger partial charge in [-0.15, -0.1) is 0 Å². The van der Waals surface area contributed by atoms with E-state index in [0.717, 1.165) is 17.5 Å². The fraction of sp³-hybridized carbons (Fsp3) is 0.312.